The summed E-state index contributed by atoms with van der Waals surface area (Å²) in [6.07, 6.45) is 1.55. The first kappa shape index (κ1) is 20.7. The van der Waals surface area contributed by atoms with Crippen molar-refractivity contribution in [2.45, 2.75) is 13.1 Å². The number of benzene rings is 2. The van der Waals surface area contributed by atoms with Crippen molar-refractivity contribution in [1.29, 1.82) is 0 Å². The average molecular weight is 405 g/mol. The first-order chi connectivity index (χ1) is 14.5. The molecule has 0 unspecified atom stereocenters. The highest BCUT2D eigenvalue weighted by molar-refractivity contribution is 6.05. The lowest BCUT2D eigenvalue weighted by Crippen LogP contribution is -2.34. The number of nitrogen functional groups attached to an aromatic ring is 1. The van der Waals surface area contributed by atoms with E-state index >= 15 is 0 Å². The van der Waals surface area contributed by atoms with Gasteiger partial charge in [0.25, 0.3) is 5.91 Å². The van der Waals surface area contributed by atoms with Gasteiger partial charge in [0.1, 0.15) is 11.6 Å². The van der Waals surface area contributed by atoms with E-state index in [1.807, 2.05) is 24.3 Å². The van der Waals surface area contributed by atoms with E-state index in [0.29, 0.717) is 24.3 Å². The Morgan fingerprint density at radius 1 is 1.00 bits per heavy atom. The lowest BCUT2D eigenvalue weighted by atomic mass is 10.1. The fourth-order valence-corrected chi connectivity index (χ4v) is 2.86. The largest absolute Gasteiger partial charge is 0.497 e. The van der Waals surface area contributed by atoms with Crippen LogP contribution in [0.5, 0.6) is 5.75 Å². The number of rotatable bonds is 7. The van der Waals surface area contributed by atoms with Crippen LogP contribution < -0.4 is 21.5 Å². The number of amides is 3. The molecule has 8 heteroatoms. The molecule has 0 fully saturated rings. The van der Waals surface area contributed by atoms with Gasteiger partial charge in [0, 0.05) is 24.8 Å². The minimum Gasteiger partial charge on any atom is -0.497 e. The first-order valence-corrected chi connectivity index (χ1v) is 9.24. The number of methoxy groups -OCH3 is 1. The zero-order valence-corrected chi connectivity index (χ0v) is 16.5. The zero-order chi connectivity index (χ0) is 21.5. The van der Waals surface area contributed by atoms with Gasteiger partial charge in [-0.15, -0.1) is 0 Å². The van der Waals surface area contributed by atoms with Crippen molar-refractivity contribution in [2.24, 2.45) is 5.73 Å². The molecular formula is C22H23N5O3. The standard InChI is InChI=1S/C22H23N5O3/c1-30-18-10-6-16(7-11-18)14-27(22(24)29)13-15-4-8-17(9-5-15)21(28)26-19-3-2-12-25-20(19)23/h2-12H,13-14H2,1H3,(H2,23,25)(H2,24,29)(H,26,28). The van der Waals surface area contributed by atoms with E-state index in [1.54, 1.807) is 49.7 Å². The van der Waals surface area contributed by atoms with Crippen molar-refractivity contribution in [2.75, 3.05) is 18.2 Å². The number of anilines is 2. The van der Waals surface area contributed by atoms with Gasteiger partial charge in [-0.25, -0.2) is 9.78 Å². The third-order valence-corrected chi connectivity index (χ3v) is 4.52. The topological polar surface area (TPSA) is 124 Å². The normalized spacial score (nSPS) is 10.3. The summed E-state index contributed by atoms with van der Waals surface area (Å²) in [5, 5.41) is 2.73. The predicted octanol–water partition coefficient (Wildman–Crippen LogP) is 3.01. The summed E-state index contributed by atoms with van der Waals surface area (Å²) in [7, 11) is 1.60. The van der Waals surface area contributed by atoms with Crippen LogP contribution in [-0.2, 0) is 13.1 Å². The summed E-state index contributed by atoms with van der Waals surface area (Å²) in [6.45, 7) is 0.681. The van der Waals surface area contributed by atoms with Crippen LogP contribution in [0.4, 0.5) is 16.3 Å². The summed E-state index contributed by atoms with van der Waals surface area (Å²) in [4.78, 5) is 29.8. The summed E-state index contributed by atoms with van der Waals surface area (Å²) in [5.41, 5.74) is 14.0. The van der Waals surface area contributed by atoms with E-state index in [2.05, 4.69) is 10.3 Å². The number of pyridine rings is 1. The SMILES string of the molecule is COc1ccc(CN(Cc2ccc(C(=O)Nc3cccnc3N)cc2)C(N)=O)cc1. The van der Waals surface area contributed by atoms with Crippen LogP contribution in [0.15, 0.2) is 66.9 Å². The van der Waals surface area contributed by atoms with E-state index in [9.17, 15) is 9.59 Å². The van der Waals surface area contributed by atoms with Crippen molar-refractivity contribution in [1.82, 2.24) is 9.88 Å². The molecule has 0 aliphatic heterocycles. The van der Waals surface area contributed by atoms with Gasteiger partial charge < -0.3 is 26.4 Å². The number of carbonyl (C=O) groups excluding carboxylic acids is 2. The molecule has 0 aliphatic carbocycles. The summed E-state index contributed by atoms with van der Waals surface area (Å²) in [6, 6.07) is 17.2. The van der Waals surface area contributed by atoms with Crippen LogP contribution in [0, 0.1) is 0 Å². The van der Waals surface area contributed by atoms with Crippen LogP contribution in [-0.4, -0.2) is 28.9 Å². The second kappa shape index (κ2) is 9.42. The van der Waals surface area contributed by atoms with Gasteiger partial charge in [-0.2, -0.15) is 0 Å². The monoisotopic (exact) mass is 405 g/mol. The molecule has 0 saturated carbocycles. The first-order valence-electron chi connectivity index (χ1n) is 9.24. The van der Waals surface area contributed by atoms with Crippen molar-refractivity contribution in [3.63, 3.8) is 0 Å². The number of hydrogen-bond acceptors (Lipinski definition) is 5. The highest BCUT2D eigenvalue weighted by atomic mass is 16.5. The van der Waals surface area contributed by atoms with Crippen molar-refractivity contribution in [3.8, 4) is 5.75 Å². The van der Waals surface area contributed by atoms with Crippen LogP contribution in [0.3, 0.4) is 0 Å². The van der Waals surface area contributed by atoms with Gasteiger partial charge in [0.15, 0.2) is 0 Å². The molecule has 0 bridgehead atoms. The van der Waals surface area contributed by atoms with Gasteiger partial charge >= 0.3 is 6.03 Å². The van der Waals surface area contributed by atoms with Gasteiger partial charge in [-0.05, 0) is 47.5 Å². The summed E-state index contributed by atoms with van der Waals surface area (Å²) >= 11 is 0. The molecule has 3 rings (SSSR count). The lowest BCUT2D eigenvalue weighted by molar-refractivity contribution is 0.102. The van der Waals surface area contributed by atoms with Crippen molar-refractivity contribution in [3.05, 3.63) is 83.6 Å². The molecule has 1 heterocycles. The molecule has 0 atom stereocenters. The maximum Gasteiger partial charge on any atom is 0.315 e. The molecule has 5 N–H and O–H groups in total. The third-order valence-electron chi connectivity index (χ3n) is 4.52. The molecule has 8 nitrogen and oxygen atoms in total. The zero-order valence-electron chi connectivity index (χ0n) is 16.5. The molecular weight excluding hydrogens is 382 g/mol. The Bertz CT molecular complexity index is 1020. The molecule has 3 amide bonds. The molecule has 2 aromatic carbocycles. The molecule has 0 spiro atoms. The summed E-state index contributed by atoms with van der Waals surface area (Å²) < 4.78 is 5.14. The Morgan fingerprint density at radius 2 is 1.60 bits per heavy atom. The number of nitrogens with two attached hydrogens (primary N) is 2. The quantitative estimate of drug-likeness (QED) is 0.557. The number of primary amides is 1. The van der Waals surface area contributed by atoms with E-state index in [0.717, 1.165) is 16.9 Å². The van der Waals surface area contributed by atoms with Crippen LogP contribution in [0.25, 0.3) is 0 Å². The highest BCUT2D eigenvalue weighted by Gasteiger charge is 2.13. The third kappa shape index (κ3) is 5.26. The van der Waals surface area contributed by atoms with Crippen LogP contribution in [0.1, 0.15) is 21.5 Å². The molecule has 0 saturated heterocycles. The number of carbonyl (C=O) groups is 2. The average Bonchev–Trinajstić information content (AvgIpc) is 2.75. The van der Waals surface area contributed by atoms with E-state index in [-0.39, 0.29) is 11.7 Å². The number of urea groups is 1. The minimum atomic E-state index is -0.528. The van der Waals surface area contributed by atoms with E-state index in [1.165, 1.54) is 4.90 Å². The fourth-order valence-electron chi connectivity index (χ4n) is 2.86. The Labute approximate surface area is 174 Å². The molecule has 1 aromatic heterocycles. The van der Waals surface area contributed by atoms with Crippen molar-refractivity contribution < 1.29 is 14.3 Å². The molecule has 30 heavy (non-hydrogen) atoms. The van der Waals surface area contributed by atoms with Crippen LogP contribution in [0.2, 0.25) is 0 Å². The molecule has 154 valence electrons. The number of hydrogen-bond donors (Lipinski definition) is 3. The van der Waals surface area contributed by atoms with Crippen molar-refractivity contribution >= 4 is 23.4 Å². The molecule has 3 aromatic rings. The van der Waals surface area contributed by atoms with Gasteiger partial charge in [-0.3, -0.25) is 4.79 Å². The Hall–Kier alpha value is -4.07. The predicted molar refractivity (Wildman–Crippen MR) is 115 cm³/mol. The van der Waals surface area contributed by atoms with Gasteiger partial charge in [0.2, 0.25) is 0 Å². The Kier molecular flexibility index (Phi) is 6.49. The number of nitrogens with one attached hydrogen (secondary N) is 1. The molecule has 0 aliphatic rings. The number of nitrogens with zero attached hydrogens (tertiary/aromatic N) is 2. The minimum absolute atomic E-state index is 0.248. The van der Waals surface area contributed by atoms with Crippen LogP contribution >= 0.6 is 0 Å². The maximum absolute atomic E-state index is 12.4. The second-order valence-corrected chi connectivity index (χ2v) is 6.63. The Balaban J connectivity index is 1.65. The number of ether oxygens (including phenoxy) is 1. The van der Waals surface area contributed by atoms with Gasteiger partial charge in [0.05, 0.1) is 12.8 Å². The smallest absolute Gasteiger partial charge is 0.315 e. The fraction of sp³-hybridized carbons (Fsp3) is 0.136. The maximum atomic E-state index is 12.4. The Morgan fingerprint density at radius 3 is 2.13 bits per heavy atom. The second-order valence-electron chi connectivity index (χ2n) is 6.63. The highest BCUT2D eigenvalue weighted by Crippen LogP contribution is 2.17. The summed E-state index contributed by atoms with van der Waals surface area (Å²) in [5.74, 6) is 0.690. The lowest BCUT2D eigenvalue weighted by Gasteiger charge is -2.21. The van der Waals surface area contributed by atoms with E-state index in [4.69, 9.17) is 16.2 Å². The number of aromatic nitrogens is 1. The van der Waals surface area contributed by atoms with E-state index < -0.39 is 6.03 Å². The van der Waals surface area contributed by atoms with Gasteiger partial charge in [-0.1, -0.05) is 24.3 Å². The molecule has 0 radical (unpaired) electrons.